The molecule has 1 amide bonds. The second kappa shape index (κ2) is 7.59. The second-order valence-corrected chi connectivity index (χ2v) is 5.02. The van der Waals surface area contributed by atoms with Crippen molar-refractivity contribution in [1.82, 2.24) is 9.78 Å². The maximum atomic E-state index is 12.2. The normalized spacial score (nSPS) is 10.0. The Morgan fingerprint density at radius 1 is 1.62 bits per heavy atom. The second-order valence-electron chi connectivity index (χ2n) is 4.11. The molecule has 0 saturated carbocycles. The van der Waals surface area contributed by atoms with E-state index in [0.717, 1.165) is 0 Å². The third-order valence-electron chi connectivity index (χ3n) is 2.61. The molecule has 2 heterocycles. The summed E-state index contributed by atoms with van der Waals surface area (Å²) in [5.74, 6) is 5.44. The van der Waals surface area contributed by atoms with E-state index in [9.17, 15) is 4.79 Å². The predicted molar refractivity (Wildman–Crippen MR) is 82.3 cm³/mol. The lowest BCUT2D eigenvalue weighted by molar-refractivity contribution is 0.103. The first-order valence-corrected chi connectivity index (χ1v) is 7.21. The summed E-state index contributed by atoms with van der Waals surface area (Å²) in [5, 5.41) is 8.78. The van der Waals surface area contributed by atoms with E-state index in [2.05, 4.69) is 22.3 Å². The molecule has 0 atom stereocenters. The molecule has 0 bridgehead atoms. The molecule has 0 aliphatic carbocycles. The molecule has 2 rings (SSSR count). The summed E-state index contributed by atoms with van der Waals surface area (Å²) >= 11 is 1.35. The number of nitrogens with zero attached hydrogens (tertiary/aromatic N) is 2. The van der Waals surface area contributed by atoms with Gasteiger partial charge in [0.15, 0.2) is 0 Å². The zero-order valence-corrected chi connectivity index (χ0v) is 12.4. The van der Waals surface area contributed by atoms with Crippen LogP contribution in [0.3, 0.4) is 0 Å². The summed E-state index contributed by atoms with van der Waals surface area (Å²) in [5.41, 5.74) is 6.68. The van der Waals surface area contributed by atoms with Crippen molar-refractivity contribution < 1.29 is 9.53 Å². The van der Waals surface area contributed by atoms with E-state index in [-0.39, 0.29) is 12.5 Å². The molecule has 6 nitrogen and oxygen atoms in total. The molecule has 0 aliphatic rings. The van der Waals surface area contributed by atoms with Gasteiger partial charge in [0.2, 0.25) is 0 Å². The molecule has 0 fully saturated rings. The van der Waals surface area contributed by atoms with Crippen LogP contribution in [-0.4, -0.2) is 35.9 Å². The maximum absolute atomic E-state index is 12.2. The van der Waals surface area contributed by atoms with Gasteiger partial charge in [0, 0.05) is 18.9 Å². The number of carbonyl (C=O) groups is 1. The molecule has 0 aliphatic heterocycles. The molecule has 110 valence electrons. The van der Waals surface area contributed by atoms with E-state index in [1.165, 1.54) is 11.3 Å². The molecule has 0 unspecified atom stereocenters. The van der Waals surface area contributed by atoms with Crippen LogP contribution in [0.2, 0.25) is 0 Å². The van der Waals surface area contributed by atoms with Gasteiger partial charge in [-0.25, -0.2) is 0 Å². The Morgan fingerprint density at radius 2 is 2.48 bits per heavy atom. The largest absolute Gasteiger partial charge is 0.383 e. The summed E-state index contributed by atoms with van der Waals surface area (Å²) in [4.78, 5) is 12.8. The van der Waals surface area contributed by atoms with E-state index < -0.39 is 0 Å². The summed E-state index contributed by atoms with van der Waals surface area (Å²) in [6, 6.07) is 1.81. The quantitative estimate of drug-likeness (QED) is 0.812. The summed E-state index contributed by atoms with van der Waals surface area (Å²) in [7, 11) is 1.63. The van der Waals surface area contributed by atoms with Crippen LogP contribution >= 0.6 is 11.3 Å². The monoisotopic (exact) mass is 304 g/mol. The van der Waals surface area contributed by atoms with Gasteiger partial charge in [-0.1, -0.05) is 11.8 Å². The minimum Gasteiger partial charge on any atom is -0.383 e. The lowest BCUT2D eigenvalue weighted by Gasteiger charge is -2.01. The highest BCUT2D eigenvalue weighted by atomic mass is 32.1. The lowest BCUT2D eigenvalue weighted by atomic mass is 10.2. The molecular formula is C14H16N4O2S. The van der Waals surface area contributed by atoms with E-state index in [1.54, 1.807) is 24.2 Å². The number of methoxy groups -OCH3 is 1. The average molecular weight is 304 g/mol. The van der Waals surface area contributed by atoms with Crippen molar-refractivity contribution in [3.63, 3.8) is 0 Å². The van der Waals surface area contributed by atoms with Crippen LogP contribution in [0.5, 0.6) is 0 Å². The van der Waals surface area contributed by atoms with Crippen LogP contribution in [-0.2, 0) is 11.3 Å². The van der Waals surface area contributed by atoms with Gasteiger partial charge in [-0.15, -0.1) is 11.3 Å². The highest BCUT2D eigenvalue weighted by molar-refractivity contribution is 7.12. The molecule has 3 N–H and O–H groups in total. The Bertz CT molecular complexity index is 666. The number of rotatable bonds is 5. The van der Waals surface area contributed by atoms with Crippen LogP contribution < -0.4 is 11.1 Å². The standard InChI is InChI=1S/C14H16N4O2S/c1-20-7-6-18-10-12(9-16-18)17-14(19)13-11(3-2-5-15)4-8-21-13/h4,8-10H,5-7,15H2,1H3,(H,17,19). The van der Waals surface area contributed by atoms with E-state index in [0.29, 0.717) is 29.3 Å². The van der Waals surface area contributed by atoms with Gasteiger partial charge in [0.05, 0.1) is 31.6 Å². The fourth-order valence-corrected chi connectivity index (χ4v) is 2.40. The number of nitrogens with two attached hydrogens (primary N) is 1. The van der Waals surface area contributed by atoms with Crippen LogP contribution in [0, 0.1) is 11.8 Å². The van der Waals surface area contributed by atoms with Gasteiger partial charge in [0.1, 0.15) is 4.88 Å². The Hall–Kier alpha value is -2.14. The topological polar surface area (TPSA) is 82.2 Å². The van der Waals surface area contributed by atoms with E-state index in [1.807, 2.05) is 11.4 Å². The predicted octanol–water partition coefficient (Wildman–Crippen LogP) is 1.15. The summed E-state index contributed by atoms with van der Waals surface area (Å²) in [6.07, 6.45) is 3.36. The van der Waals surface area contributed by atoms with Gasteiger partial charge in [-0.2, -0.15) is 5.10 Å². The third-order valence-corrected chi connectivity index (χ3v) is 3.53. The number of hydrogen-bond acceptors (Lipinski definition) is 5. The smallest absolute Gasteiger partial charge is 0.267 e. The summed E-state index contributed by atoms with van der Waals surface area (Å²) < 4.78 is 6.69. The first kappa shape index (κ1) is 15.3. The fourth-order valence-electron chi connectivity index (χ4n) is 1.65. The number of aromatic nitrogens is 2. The minimum absolute atomic E-state index is 0.197. The van der Waals surface area contributed by atoms with Crippen LogP contribution in [0.1, 0.15) is 15.2 Å². The van der Waals surface area contributed by atoms with E-state index in [4.69, 9.17) is 10.5 Å². The molecule has 7 heteroatoms. The van der Waals surface area contributed by atoms with Crippen molar-refractivity contribution in [2.75, 3.05) is 25.6 Å². The number of anilines is 1. The van der Waals surface area contributed by atoms with E-state index >= 15 is 0 Å². The van der Waals surface area contributed by atoms with Gasteiger partial charge < -0.3 is 15.8 Å². The number of amides is 1. The van der Waals surface area contributed by atoms with Crippen molar-refractivity contribution in [2.24, 2.45) is 5.73 Å². The van der Waals surface area contributed by atoms with Gasteiger partial charge in [-0.05, 0) is 11.4 Å². The van der Waals surface area contributed by atoms with Crippen LogP contribution in [0.4, 0.5) is 5.69 Å². The molecule has 0 radical (unpaired) electrons. The Labute approximate surface area is 126 Å². The Morgan fingerprint density at radius 3 is 3.24 bits per heavy atom. The zero-order valence-electron chi connectivity index (χ0n) is 11.6. The Balaban J connectivity index is 2.04. The molecule has 0 aromatic carbocycles. The van der Waals surface area contributed by atoms with Crippen molar-refractivity contribution in [2.45, 2.75) is 6.54 Å². The summed E-state index contributed by atoms with van der Waals surface area (Å²) in [6.45, 7) is 1.47. The Kier molecular flexibility index (Phi) is 5.51. The fraction of sp³-hybridized carbons (Fsp3) is 0.286. The van der Waals surface area contributed by atoms with Gasteiger partial charge in [0.25, 0.3) is 5.91 Å². The van der Waals surface area contributed by atoms with Gasteiger partial charge in [-0.3, -0.25) is 9.48 Å². The molecule has 21 heavy (non-hydrogen) atoms. The number of thiophene rings is 1. The van der Waals surface area contributed by atoms with Crippen molar-refractivity contribution in [3.05, 3.63) is 34.3 Å². The number of ether oxygens (including phenoxy) is 1. The molecule has 0 saturated heterocycles. The molecule has 2 aromatic rings. The molecular weight excluding hydrogens is 288 g/mol. The zero-order chi connectivity index (χ0) is 15.1. The van der Waals surface area contributed by atoms with Gasteiger partial charge >= 0.3 is 0 Å². The third kappa shape index (κ3) is 4.16. The molecule has 2 aromatic heterocycles. The first-order valence-electron chi connectivity index (χ1n) is 6.33. The maximum Gasteiger partial charge on any atom is 0.267 e. The minimum atomic E-state index is -0.197. The van der Waals surface area contributed by atoms with Crippen molar-refractivity contribution in [1.29, 1.82) is 0 Å². The highest BCUT2D eigenvalue weighted by Crippen LogP contribution is 2.18. The highest BCUT2D eigenvalue weighted by Gasteiger charge is 2.13. The number of carbonyl (C=O) groups excluding carboxylic acids is 1. The number of hydrogen-bond donors (Lipinski definition) is 2. The van der Waals surface area contributed by atoms with Crippen LogP contribution in [0.25, 0.3) is 0 Å². The average Bonchev–Trinajstić information content (AvgIpc) is 3.11. The lowest BCUT2D eigenvalue weighted by Crippen LogP contribution is -2.11. The SMILES string of the molecule is COCCn1cc(NC(=O)c2sccc2C#CCN)cn1. The van der Waals surface area contributed by atoms with Crippen molar-refractivity contribution in [3.8, 4) is 11.8 Å². The first-order chi connectivity index (χ1) is 10.2. The number of nitrogens with one attached hydrogen (secondary N) is 1. The van der Waals surface area contributed by atoms with Crippen molar-refractivity contribution >= 4 is 22.9 Å². The van der Waals surface area contributed by atoms with Crippen LogP contribution in [0.15, 0.2) is 23.8 Å². The molecule has 0 spiro atoms.